The van der Waals surface area contributed by atoms with Gasteiger partial charge in [0.15, 0.2) is 0 Å². The average molecular weight is 288 g/mol. The van der Waals surface area contributed by atoms with Crippen LogP contribution in [0.5, 0.6) is 0 Å². The van der Waals surface area contributed by atoms with E-state index in [1.165, 1.54) is 43.5 Å². The summed E-state index contributed by atoms with van der Waals surface area (Å²) in [6.07, 6.45) is 5.01. The fourth-order valence-corrected chi connectivity index (χ4v) is 2.92. The molecule has 118 valence electrons. The fraction of sp³-hybridized carbons (Fsp3) is 0.684. The summed E-state index contributed by atoms with van der Waals surface area (Å²) in [5, 5.41) is 3.46. The van der Waals surface area contributed by atoms with Crippen LogP contribution in [0.4, 0.5) is 0 Å². The second-order valence-corrected chi connectivity index (χ2v) is 7.26. The zero-order chi connectivity index (χ0) is 15.1. The summed E-state index contributed by atoms with van der Waals surface area (Å²) in [5.41, 5.74) is 3.45. The molecule has 1 aromatic carbocycles. The number of hydrogen-bond acceptors (Lipinski definition) is 2. The first-order valence-electron chi connectivity index (χ1n) is 8.60. The van der Waals surface area contributed by atoms with Crippen LogP contribution >= 0.6 is 0 Å². The number of nitrogens with one attached hydrogen (secondary N) is 1. The van der Waals surface area contributed by atoms with Crippen molar-refractivity contribution in [3.05, 3.63) is 35.4 Å². The zero-order valence-electron chi connectivity index (χ0n) is 14.1. The quantitative estimate of drug-likeness (QED) is 0.767. The Bertz CT molecular complexity index is 398. The van der Waals surface area contributed by atoms with E-state index in [9.17, 15) is 0 Å². The predicted molar refractivity (Wildman–Crippen MR) is 91.6 cm³/mol. The first-order valence-corrected chi connectivity index (χ1v) is 8.60. The van der Waals surface area contributed by atoms with E-state index < -0.39 is 0 Å². The van der Waals surface area contributed by atoms with Gasteiger partial charge in [-0.1, -0.05) is 45.0 Å². The van der Waals surface area contributed by atoms with Crippen LogP contribution in [0, 0.1) is 5.41 Å². The molecule has 1 fully saturated rings. The van der Waals surface area contributed by atoms with Gasteiger partial charge in [-0.05, 0) is 68.4 Å². The topological polar surface area (TPSA) is 15.3 Å². The van der Waals surface area contributed by atoms with Crippen molar-refractivity contribution in [2.45, 2.75) is 53.0 Å². The lowest BCUT2D eigenvalue weighted by Gasteiger charge is -2.36. The Morgan fingerprint density at radius 2 is 1.62 bits per heavy atom. The molecule has 2 heteroatoms. The molecule has 2 rings (SSSR count). The van der Waals surface area contributed by atoms with Crippen LogP contribution in [0.3, 0.4) is 0 Å². The maximum Gasteiger partial charge on any atom is 0.0233 e. The van der Waals surface area contributed by atoms with E-state index in [-0.39, 0.29) is 0 Å². The van der Waals surface area contributed by atoms with Crippen LogP contribution in [-0.4, -0.2) is 31.1 Å². The third kappa shape index (κ3) is 5.80. The Labute approximate surface area is 130 Å². The first-order chi connectivity index (χ1) is 10.1. The molecule has 1 aromatic rings. The van der Waals surface area contributed by atoms with Gasteiger partial charge < -0.3 is 5.32 Å². The van der Waals surface area contributed by atoms with Gasteiger partial charge in [-0.2, -0.15) is 0 Å². The number of benzene rings is 1. The van der Waals surface area contributed by atoms with Crippen molar-refractivity contribution in [1.29, 1.82) is 0 Å². The molecule has 0 saturated carbocycles. The molecule has 1 saturated heterocycles. The Morgan fingerprint density at radius 1 is 1.00 bits per heavy atom. The van der Waals surface area contributed by atoms with Crippen LogP contribution in [0.25, 0.3) is 0 Å². The summed E-state index contributed by atoms with van der Waals surface area (Å²) in [6, 6.07) is 9.23. The number of rotatable bonds is 7. The van der Waals surface area contributed by atoms with Crippen molar-refractivity contribution >= 4 is 0 Å². The van der Waals surface area contributed by atoms with Crippen LogP contribution in [0.1, 0.15) is 51.2 Å². The highest BCUT2D eigenvalue weighted by Crippen LogP contribution is 2.30. The minimum Gasteiger partial charge on any atom is -0.316 e. The van der Waals surface area contributed by atoms with Gasteiger partial charge in [0.05, 0.1) is 0 Å². The highest BCUT2D eigenvalue weighted by atomic mass is 15.1. The third-order valence-electron chi connectivity index (χ3n) is 4.66. The fourth-order valence-electron chi connectivity index (χ4n) is 2.92. The molecular formula is C19H32N2. The molecule has 1 aliphatic rings. The Balaban J connectivity index is 1.75. The molecule has 0 atom stereocenters. The molecule has 21 heavy (non-hydrogen) atoms. The summed E-state index contributed by atoms with van der Waals surface area (Å²) in [7, 11) is 0. The summed E-state index contributed by atoms with van der Waals surface area (Å²) in [6.45, 7) is 12.8. The van der Waals surface area contributed by atoms with Crippen LogP contribution in [0.2, 0.25) is 0 Å². The minimum absolute atomic E-state index is 0.547. The highest BCUT2D eigenvalue weighted by Gasteiger charge is 2.24. The summed E-state index contributed by atoms with van der Waals surface area (Å²) in [4.78, 5) is 2.60. The van der Waals surface area contributed by atoms with Gasteiger partial charge in [0.1, 0.15) is 0 Å². The van der Waals surface area contributed by atoms with E-state index in [1.807, 2.05) is 0 Å². The Kier molecular flexibility index (Phi) is 6.25. The summed E-state index contributed by atoms with van der Waals surface area (Å²) in [5.74, 6) is 0. The molecule has 0 aromatic heterocycles. The molecular weight excluding hydrogens is 256 g/mol. The maximum atomic E-state index is 3.46. The lowest BCUT2D eigenvalue weighted by Crippen LogP contribution is -2.36. The number of nitrogens with zero attached hydrogens (tertiary/aromatic N) is 1. The molecule has 1 N–H and O–H groups in total. The Morgan fingerprint density at radius 3 is 2.24 bits per heavy atom. The van der Waals surface area contributed by atoms with Crippen molar-refractivity contribution in [2.24, 2.45) is 5.41 Å². The second kappa shape index (κ2) is 7.95. The maximum absolute atomic E-state index is 3.46. The second-order valence-electron chi connectivity index (χ2n) is 7.26. The van der Waals surface area contributed by atoms with E-state index in [1.54, 1.807) is 0 Å². The number of piperidine rings is 1. The minimum atomic E-state index is 0.547. The van der Waals surface area contributed by atoms with Crippen molar-refractivity contribution in [2.75, 3.05) is 26.2 Å². The monoisotopic (exact) mass is 288 g/mol. The third-order valence-corrected chi connectivity index (χ3v) is 4.66. The van der Waals surface area contributed by atoms with Gasteiger partial charge in [0.2, 0.25) is 0 Å². The largest absolute Gasteiger partial charge is 0.316 e. The van der Waals surface area contributed by atoms with E-state index in [0.29, 0.717) is 5.41 Å². The molecule has 1 aliphatic heterocycles. The van der Waals surface area contributed by atoms with E-state index in [0.717, 1.165) is 26.1 Å². The Hall–Kier alpha value is -0.860. The molecule has 0 spiro atoms. The first kappa shape index (κ1) is 16.5. The van der Waals surface area contributed by atoms with Crippen molar-refractivity contribution in [3.8, 4) is 0 Å². The lowest BCUT2D eigenvalue weighted by atomic mass is 9.82. The van der Waals surface area contributed by atoms with Gasteiger partial charge in [0.25, 0.3) is 0 Å². The standard InChI is InChI=1S/C19H32N2/c1-4-12-20-13-9-17-5-7-18(8-6-17)16-21-14-10-19(2,3)11-15-21/h5-8,20H,4,9-16H2,1-3H3. The summed E-state index contributed by atoms with van der Waals surface area (Å²) >= 11 is 0. The highest BCUT2D eigenvalue weighted by molar-refractivity contribution is 5.22. The molecule has 0 amide bonds. The molecule has 0 aliphatic carbocycles. The van der Waals surface area contributed by atoms with Gasteiger partial charge in [-0.15, -0.1) is 0 Å². The van der Waals surface area contributed by atoms with Crippen LogP contribution in [-0.2, 0) is 13.0 Å². The molecule has 0 bridgehead atoms. The molecule has 1 heterocycles. The zero-order valence-corrected chi connectivity index (χ0v) is 14.1. The molecule has 2 nitrogen and oxygen atoms in total. The smallest absolute Gasteiger partial charge is 0.0233 e. The molecule has 0 unspecified atom stereocenters. The van der Waals surface area contributed by atoms with Gasteiger partial charge in [0, 0.05) is 6.54 Å². The van der Waals surface area contributed by atoms with Crippen LogP contribution in [0.15, 0.2) is 24.3 Å². The molecule has 0 radical (unpaired) electrons. The van der Waals surface area contributed by atoms with Crippen molar-refractivity contribution in [1.82, 2.24) is 10.2 Å². The SMILES string of the molecule is CCCNCCc1ccc(CN2CCC(C)(C)CC2)cc1. The number of hydrogen-bond donors (Lipinski definition) is 1. The van der Waals surface area contributed by atoms with E-state index in [4.69, 9.17) is 0 Å². The van der Waals surface area contributed by atoms with Crippen LogP contribution < -0.4 is 5.32 Å². The summed E-state index contributed by atoms with van der Waals surface area (Å²) < 4.78 is 0. The predicted octanol–water partition coefficient (Wildman–Crippen LogP) is 3.85. The van der Waals surface area contributed by atoms with E-state index in [2.05, 4.69) is 55.3 Å². The van der Waals surface area contributed by atoms with Gasteiger partial charge >= 0.3 is 0 Å². The normalized spacial score (nSPS) is 18.8. The van der Waals surface area contributed by atoms with Gasteiger partial charge in [-0.3, -0.25) is 4.90 Å². The van der Waals surface area contributed by atoms with Crippen molar-refractivity contribution < 1.29 is 0 Å². The average Bonchev–Trinajstić information content (AvgIpc) is 2.47. The van der Waals surface area contributed by atoms with Crippen molar-refractivity contribution in [3.63, 3.8) is 0 Å². The number of likely N-dealkylation sites (tertiary alicyclic amines) is 1. The van der Waals surface area contributed by atoms with Gasteiger partial charge in [-0.25, -0.2) is 0 Å². The lowest BCUT2D eigenvalue weighted by molar-refractivity contribution is 0.127. The van der Waals surface area contributed by atoms with E-state index >= 15 is 0 Å².